The van der Waals surface area contributed by atoms with E-state index in [1.807, 2.05) is 10.9 Å². The number of pyridine rings is 1. The third-order valence-electron chi connectivity index (χ3n) is 5.35. The summed E-state index contributed by atoms with van der Waals surface area (Å²) < 4.78 is 46.0. The Bertz CT molecular complexity index is 1090. The van der Waals surface area contributed by atoms with Gasteiger partial charge in [0.25, 0.3) is 5.91 Å². The summed E-state index contributed by atoms with van der Waals surface area (Å²) in [5.41, 5.74) is -0.161. The molecule has 3 aromatic rings. The SMILES string of the molecule is CCC.COc1cc2nn(C3CCCCC3)cc2cc1NC(=O)c1ccnc(C(F)(F)F)c1. The van der Waals surface area contributed by atoms with E-state index < -0.39 is 17.8 Å². The number of nitrogens with zero attached hydrogens (tertiary/aromatic N) is 3. The van der Waals surface area contributed by atoms with Gasteiger partial charge in [0, 0.05) is 29.4 Å². The molecule has 0 unspecified atom stereocenters. The molecule has 1 fully saturated rings. The first-order chi connectivity index (χ1) is 15.8. The number of benzene rings is 1. The number of rotatable bonds is 4. The van der Waals surface area contributed by atoms with Crippen molar-refractivity contribution < 1.29 is 22.7 Å². The van der Waals surface area contributed by atoms with E-state index in [2.05, 4.69) is 29.2 Å². The highest BCUT2D eigenvalue weighted by atomic mass is 19.4. The molecule has 2 aromatic heterocycles. The van der Waals surface area contributed by atoms with Gasteiger partial charge in [-0.2, -0.15) is 18.3 Å². The Hall–Kier alpha value is -3.10. The van der Waals surface area contributed by atoms with Crippen molar-refractivity contribution in [2.24, 2.45) is 0 Å². The number of methoxy groups -OCH3 is 1. The van der Waals surface area contributed by atoms with Crippen LogP contribution in [0.5, 0.6) is 5.75 Å². The van der Waals surface area contributed by atoms with Crippen LogP contribution in [0.1, 0.15) is 74.5 Å². The Morgan fingerprint density at radius 2 is 1.88 bits per heavy atom. The Balaban J connectivity index is 0.000000968. The summed E-state index contributed by atoms with van der Waals surface area (Å²) in [7, 11) is 1.46. The number of nitrogens with one attached hydrogen (secondary N) is 1. The molecular weight excluding hydrogens is 433 g/mol. The van der Waals surface area contributed by atoms with E-state index in [1.165, 1.54) is 38.9 Å². The third-order valence-corrected chi connectivity index (χ3v) is 5.35. The molecule has 6 nitrogen and oxygen atoms in total. The Morgan fingerprint density at radius 1 is 1.18 bits per heavy atom. The van der Waals surface area contributed by atoms with Crippen molar-refractivity contribution in [2.75, 3.05) is 12.4 Å². The minimum Gasteiger partial charge on any atom is -0.494 e. The number of hydrogen-bond donors (Lipinski definition) is 1. The van der Waals surface area contributed by atoms with Crippen LogP contribution in [0.3, 0.4) is 0 Å². The molecule has 0 spiro atoms. The number of aromatic nitrogens is 3. The molecule has 9 heteroatoms. The minimum atomic E-state index is -4.62. The van der Waals surface area contributed by atoms with Crippen molar-refractivity contribution in [1.29, 1.82) is 0 Å². The predicted molar refractivity (Wildman–Crippen MR) is 122 cm³/mol. The second kappa shape index (κ2) is 10.7. The number of alkyl halides is 3. The summed E-state index contributed by atoms with van der Waals surface area (Å²) in [5, 5.41) is 8.12. The van der Waals surface area contributed by atoms with Crippen LogP contribution in [0, 0.1) is 0 Å². The lowest BCUT2D eigenvalue weighted by Gasteiger charge is -2.21. The third kappa shape index (κ3) is 6.03. The average Bonchev–Trinajstić information content (AvgIpc) is 3.22. The molecule has 0 saturated heterocycles. The van der Waals surface area contributed by atoms with Crippen LogP contribution in [0.2, 0.25) is 0 Å². The number of halogens is 3. The van der Waals surface area contributed by atoms with Crippen molar-refractivity contribution in [1.82, 2.24) is 14.8 Å². The molecule has 0 bridgehead atoms. The van der Waals surface area contributed by atoms with Crippen LogP contribution < -0.4 is 10.1 Å². The van der Waals surface area contributed by atoms with Gasteiger partial charge in [-0.05, 0) is 31.0 Å². The fourth-order valence-electron chi connectivity index (χ4n) is 3.79. The quantitative estimate of drug-likeness (QED) is 0.472. The van der Waals surface area contributed by atoms with Gasteiger partial charge >= 0.3 is 6.18 Å². The zero-order valence-electron chi connectivity index (χ0n) is 19.1. The predicted octanol–water partition coefficient (Wildman–Crippen LogP) is 6.63. The molecular formula is C24H29F3N4O2. The van der Waals surface area contributed by atoms with Gasteiger partial charge in [0.1, 0.15) is 11.4 Å². The molecule has 2 heterocycles. The molecule has 1 amide bonds. The first kappa shape index (κ1) is 24.5. The normalized spacial score (nSPS) is 14.5. The Labute approximate surface area is 191 Å². The van der Waals surface area contributed by atoms with E-state index >= 15 is 0 Å². The highest BCUT2D eigenvalue weighted by Crippen LogP contribution is 2.34. The maximum Gasteiger partial charge on any atom is 0.433 e. The largest absolute Gasteiger partial charge is 0.494 e. The van der Waals surface area contributed by atoms with Gasteiger partial charge in [-0.3, -0.25) is 14.5 Å². The van der Waals surface area contributed by atoms with Gasteiger partial charge in [-0.25, -0.2) is 0 Å². The molecule has 0 radical (unpaired) electrons. The first-order valence-corrected chi connectivity index (χ1v) is 11.2. The lowest BCUT2D eigenvalue weighted by atomic mass is 9.96. The van der Waals surface area contributed by atoms with Crippen LogP contribution >= 0.6 is 0 Å². The Morgan fingerprint density at radius 3 is 2.52 bits per heavy atom. The van der Waals surface area contributed by atoms with Crippen molar-refractivity contribution >= 4 is 22.5 Å². The van der Waals surface area contributed by atoms with Crippen molar-refractivity contribution in [2.45, 2.75) is 64.6 Å². The van der Waals surface area contributed by atoms with Crippen molar-refractivity contribution in [3.8, 4) is 5.75 Å². The summed E-state index contributed by atoms with van der Waals surface area (Å²) in [6, 6.07) is 5.76. The fraction of sp³-hybridized carbons (Fsp3) is 0.458. The molecule has 1 aliphatic rings. The summed E-state index contributed by atoms with van der Waals surface area (Å²) in [6.45, 7) is 4.25. The van der Waals surface area contributed by atoms with Crippen LogP contribution in [-0.2, 0) is 6.18 Å². The molecule has 1 saturated carbocycles. The maximum absolute atomic E-state index is 12.9. The number of anilines is 1. The van der Waals surface area contributed by atoms with Crippen LogP contribution in [0.25, 0.3) is 10.9 Å². The van der Waals surface area contributed by atoms with E-state index in [-0.39, 0.29) is 5.56 Å². The van der Waals surface area contributed by atoms with Crippen LogP contribution in [0.15, 0.2) is 36.7 Å². The summed E-state index contributed by atoms with van der Waals surface area (Å²) in [5.74, 6) is -0.296. The molecule has 1 aliphatic carbocycles. The highest BCUT2D eigenvalue weighted by Gasteiger charge is 2.33. The van der Waals surface area contributed by atoms with Crippen molar-refractivity contribution in [3.63, 3.8) is 0 Å². The monoisotopic (exact) mass is 462 g/mol. The van der Waals surface area contributed by atoms with E-state index in [4.69, 9.17) is 4.74 Å². The first-order valence-electron chi connectivity index (χ1n) is 11.2. The summed E-state index contributed by atoms with van der Waals surface area (Å²) in [6.07, 6.45) is 5.29. The molecule has 33 heavy (non-hydrogen) atoms. The smallest absolute Gasteiger partial charge is 0.433 e. The Kier molecular flexibility index (Phi) is 7.94. The number of ether oxygens (including phenoxy) is 1. The molecule has 0 atom stereocenters. The summed E-state index contributed by atoms with van der Waals surface area (Å²) in [4.78, 5) is 15.8. The van der Waals surface area contributed by atoms with E-state index in [1.54, 1.807) is 12.1 Å². The van der Waals surface area contributed by atoms with E-state index in [0.717, 1.165) is 36.0 Å². The number of carbonyl (C=O) groups excluding carboxylic acids is 1. The highest BCUT2D eigenvalue weighted by molar-refractivity contribution is 6.06. The van der Waals surface area contributed by atoms with E-state index in [9.17, 15) is 18.0 Å². The standard InChI is InChI=1S/C21H21F3N4O2.C3H8/c1-30-18-11-16-14(12-28(27-16)15-5-3-2-4-6-15)9-17(18)26-20(29)13-7-8-25-19(10-13)21(22,23)24;1-3-2/h7-12,15H,2-6H2,1H3,(H,26,29);3H2,1-2H3. The number of hydrogen-bond acceptors (Lipinski definition) is 4. The maximum atomic E-state index is 12.9. The number of amides is 1. The van der Waals surface area contributed by atoms with E-state index in [0.29, 0.717) is 17.5 Å². The number of carbonyl (C=O) groups is 1. The fourth-order valence-corrected chi connectivity index (χ4v) is 3.79. The zero-order valence-corrected chi connectivity index (χ0v) is 19.1. The van der Waals surface area contributed by atoms with Crippen molar-refractivity contribution in [3.05, 3.63) is 47.9 Å². The van der Waals surface area contributed by atoms with Gasteiger partial charge in [-0.15, -0.1) is 0 Å². The topological polar surface area (TPSA) is 69.0 Å². The molecule has 0 aliphatic heterocycles. The molecule has 178 valence electrons. The zero-order chi connectivity index (χ0) is 24.0. The molecule has 4 rings (SSSR count). The van der Waals surface area contributed by atoms with Gasteiger partial charge in [0.2, 0.25) is 0 Å². The number of fused-ring (bicyclic) bond motifs is 1. The molecule has 1 N–H and O–H groups in total. The van der Waals surface area contributed by atoms with Crippen LogP contribution in [-0.4, -0.2) is 27.8 Å². The second-order valence-corrected chi connectivity index (χ2v) is 8.10. The second-order valence-electron chi connectivity index (χ2n) is 8.10. The lowest BCUT2D eigenvalue weighted by Crippen LogP contribution is -2.15. The van der Waals surface area contributed by atoms with Gasteiger partial charge < -0.3 is 10.1 Å². The van der Waals surface area contributed by atoms with Gasteiger partial charge in [0.15, 0.2) is 0 Å². The average molecular weight is 463 g/mol. The van der Waals surface area contributed by atoms with Gasteiger partial charge in [-0.1, -0.05) is 39.5 Å². The summed E-state index contributed by atoms with van der Waals surface area (Å²) >= 11 is 0. The van der Waals surface area contributed by atoms with Crippen LogP contribution in [0.4, 0.5) is 18.9 Å². The minimum absolute atomic E-state index is 0.141. The lowest BCUT2D eigenvalue weighted by molar-refractivity contribution is -0.141. The van der Waals surface area contributed by atoms with Gasteiger partial charge in [0.05, 0.1) is 24.4 Å². The molecule has 1 aromatic carbocycles.